The number of amides is 1. The maximum absolute atomic E-state index is 11.4. The van der Waals surface area contributed by atoms with E-state index in [1.807, 2.05) is 14.0 Å². The molecule has 1 amide bonds. The Balaban J connectivity index is 0.00000289. The molecule has 0 heterocycles. The van der Waals surface area contributed by atoms with E-state index in [0.29, 0.717) is 12.3 Å². The highest BCUT2D eigenvalue weighted by Crippen LogP contribution is 2.15. The summed E-state index contributed by atoms with van der Waals surface area (Å²) in [6.45, 7) is 2.51. The fourth-order valence-corrected chi connectivity index (χ4v) is 1.11. The lowest BCUT2D eigenvalue weighted by molar-refractivity contribution is -0.123. The van der Waals surface area contributed by atoms with E-state index in [2.05, 4.69) is 10.6 Å². The molecule has 18 heavy (non-hydrogen) atoms. The van der Waals surface area contributed by atoms with Crippen LogP contribution in [0.1, 0.15) is 6.92 Å². The van der Waals surface area contributed by atoms with Gasteiger partial charge >= 0.3 is 0 Å². The molecule has 1 rings (SSSR count). The first kappa shape index (κ1) is 16.5. The Morgan fingerprint density at radius 1 is 1.39 bits per heavy atom. The third kappa shape index (κ3) is 6.32. The zero-order chi connectivity index (χ0) is 12.7. The van der Waals surface area contributed by atoms with Gasteiger partial charge < -0.3 is 20.5 Å². The van der Waals surface area contributed by atoms with Crippen molar-refractivity contribution in [1.82, 2.24) is 10.6 Å². The molecular formula is C12H19ClN2O3. The molecule has 0 fully saturated rings. The van der Waals surface area contributed by atoms with Gasteiger partial charge in [-0.2, -0.15) is 0 Å². The van der Waals surface area contributed by atoms with Gasteiger partial charge in [0.05, 0.1) is 0 Å². The summed E-state index contributed by atoms with van der Waals surface area (Å²) in [5, 5.41) is 14.8. The number of benzene rings is 1. The molecule has 102 valence electrons. The Morgan fingerprint density at radius 3 is 2.56 bits per heavy atom. The van der Waals surface area contributed by atoms with Crippen molar-refractivity contribution in [3.63, 3.8) is 0 Å². The molecule has 5 nitrogen and oxygen atoms in total. The Kier molecular flexibility index (Phi) is 7.91. The molecule has 1 aromatic carbocycles. The first-order valence-corrected chi connectivity index (χ1v) is 5.47. The zero-order valence-electron chi connectivity index (χ0n) is 10.5. The average Bonchev–Trinajstić information content (AvgIpc) is 2.35. The van der Waals surface area contributed by atoms with Crippen molar-refractivity contribution < 1.29 is 14.6 Å². The number of nitrogens with one attached hydrogen (secondary N) is 2. The average molecular weight is 275 g/mol. The smallest absolute Gasteiger partial charge is 0.257 e. The first-order valence-electron chi connectivity index (χ1n) is 5.47. The molecule has 1 atom stereocenters. The number of carbonyl (C=O) groups excluding carboxylic acids is 1. The van der Waals surface area contributed by atoms with Crippen LogP contribution < -0.4 is 15.4 Å². The van der Waals surface area contributed by atoms with Gasteiger partial charge in [0.15, 0.2) is 6.61 Å². The van der Waals surface area contributed by atoms with E-state index in [1.54, 1.807) is 12.1 Å². The molecule has 0 radical (unpaired) electrons. The summed E-state index contributed by atoms with van der Waals surface area (Å²) < 4.78 is 5.25. The van der Waals surface area contributed by atoms with Crippen LogP contribution >= 0.6 is 12.4 Å². The van der Waals surface area contributed by atoms with E-state index in [0.717, 1.165) is 0 Å². The number of aromatic hydroxyl groups is 1. The van der Waals surface area contributed by atoms with E-state index in [1.165, 1.54) is 12.1 Å². The number of phenols is 1. The maximum atomic E-state index is 11.4. The Bertz CT molecular complexity index is 357. The van der Waals surface area contributed by atoms with Crippen LogP contribution in [0.2, 0.25) is 0 Å². The minimum atomic E-state index is -0.167. The SMILES string of the molecule is CNC(C)CNC(=O)COc1ccc(O)cc1.Cl. The highest BCUT2D eigenvalue weighted by Gasteiger charge is 2.04. The summed E-state index contributed by atoms with van der Waals surface area (Å²) in [7, 11) is 1.84. The van der Waals surface area contributed by atoms with Gasteiger partial charge in [0.2, 0.25) is 0 Å². The van der Waals surface area contributed by atoms with E-state index in [-0.39, 0.29) is 36.7 Å². The van der Waals surface area contributed by atoms with E-state index in [4.69, 9.17) is 9.84 Å². The lowest BCUT2D eigenvalue weighted by Gasteiger charge is -2.11. The number of phenolic OH excluding ortho intramolecular Hbond substituents is 1. The van der Waals surface area contributed by atoms with Gasteiger partial charge in [-0.25, -0.2) is 0 Å². The van der Waals surface area contributed by atoms with Crippen molar-refractivity contribution in [3.05, 3.63) is 24.3 Å². The number of hydrogen-bond donors (Lipinski definition) is 3. The van der Waals surface area contributed by atoms with Gasteiger partial charge in [0.1, 0.15) is 11.5 Å². The molecule has 0 saturated heterocycles. The van der Waals surface area contributed by atoms with Gasteiger partial charge in [-0.3, -0.25) is 4.79 Å². The standard InChI is InChI=1S/C12H18N2O3.ClH/c1-9(13-2)7-14-12(16)8-17-11-5-3-10(15)4-6-11;/h3-6,9,13,15H,7-8H2,1-2H3,(H,14,16);1H. The predicted molar refractivity (Wildman–Crippen MR) is 72.4 cm³/mol. The lowest BCUT2D eigenvalue weighted by Crippen LogP contribution is -2.39. The van der Waals surface area contributed by atoms with Gasteiger partial charge in [0, 0.05) is 12.6 Å². The molecule has 0 aliphatic carbocycles. The number of likely N-dealkylation sites (N-methyl/N-ethyl adjacent to an activating group) is 1. The Morgan fingerprint density at radius 2 is 2.00 bits per heavy atom. The molecule has 0 aliphatic heterocycles. The van der Waals surface area contributed by atoms with Crippen LogP contribution in [0.15, 0.2) is 24.3 Å². The maximum Gasteiger partial charge on any atom is 0.257 e. The minimum absolute atomic E-state index is 0. The normalized spacial score (nSPS) is 11.2. The van der Waals surface area contributed by atoms with Crippen LogP contribution in [0, 0.1) is 0 Å². The number of halogens is 1. The molecule has 0 aliphatic rings. The number of hydrogen-bond acceptors (Lipinski definition) is 4. The molecule has 1 aromatic rings. The largest absolute Gasteiger partial charge is 0.508 e. The summed E-state index contributed by atoms with van der Waals surface area (Å²) in [6, 6.07) is 6.47. The van der Waals surface area contributed by atoms with Crippen LogP contribution in [0.25, 0.3) is 0 Å². The summed E-state index contributed by atoms with van der Waals surface area (Å²) in [6.07, 6.45) is 0. The van der Waals surface area contributed by atoms with Crippen molar-refractivity contribution in [2.24, 2.45) is 0 Å². The molecule has 1 unspecified atom stereocenters. The van der Waals surface area contributed by atoms with Crippen molar-refractivity contribution in [3.8, 4) is 11.5 Å². The van der Waals surface area contributed by atoms with Gasteiger partial charge in [-0.15, -0.1) is 12.4 Å². The van der Waals surface area contributed by atoms with Crippen LogP contribution in [-0.2, 0) is 4.79 Å². The summed E-state index contributed by atoms with van der Waals surface area (Å²) in [5.74, 6) is 0.560. The van der Waals surface area contributed by atoms with Crippen molar-refractivity contribution in [1.29, 1.82) is 0 Å². The van der Waals surface area contributed by atoms with Crippen molar-refractivity contribution in [2.45, 2.75) is 13.0 Å². The van der Waals surface area contributed by atoms with Crippen molar-refractivity contribution >= 4 is 18.3 Å². The molecule has 3 N–H and O–H groups in total. The van der Waals surface area contributed by atoms with Crippen LogP contribution in [-0.4, -0.2) is 37.3 Å². The van der Waals surface area contributed by atoms with Crippen LogP contribution in [0.5, 0.6) is 11.5 Å². The third-order valence-electron chi connectivity index (χ3n) is 2.30. The highest BCUT2D eigenvalue weighted by molar-refractivity contribution is 5.85. The van der Waals surface area contributed by atoms with Gasteiger partial charge in [0.25, 0.3) is 5.91 Å². The second-order valence-electron chi connectivity index (χ2n) is 3.78. The van der Waals surface area contributed by atoms with E-state index < -0.39 is 0 Å². The monoisotopic (exact) mass is 274 g/mol. The predicted octanol–water partition coefficient (Wildman–Crippen LogP) is 0.917. The zero-order valence-corrected chi connectivity index (χ0v) is 11.3. The molecule has 0 aromatic heterocycles. The quantitative estimate of drug-likeness (QED) is 0.721. The number of ether oxygens (including phenoxy) is 1. The molecule has 0 saturated carbocycles. The second-order valence-corrected chi connectivity index (χ2v) is 3.78. The summed E-state index contributed by atoms with van der Waals surface area (Å²) >= 11 is 0. The Hall–Kier alpha value is -1.46. The molecule has 6 heteroatoms. The van der Waals surface area contributed by atoms with E-state index in [9.17, 15) is 4.79 Å². The fraction of sp³-hybridized carbons (Fsp3) is 0.417. The minimum Gasteiger partial charge on any atom is -0.508 e. The number of carbonyl (C=O) groups is 1. The molecule has 0 bridgehead atoms. The highest BCUT2D eigenvalue weighted by atomic mass is 35.5. The summed E-state index contributed by atoms with van der Waals surface area (Å²) in [4.78, 5) is 11.4. The van der Waals surface area contributed by atoms with Gasteiger partial charge in [-0.1, -0.05) is 0 Å². The van der Waals surface area contributed by atoms with E-state index >= 15 is 0 Å². The van der Waals surface area contributed by atoms with Crippen LogP contribution in [0.3, 0.4) is 0 Å². The number of rotatable bonds is 6. The van der Waals surface area contributed by atoms with Crippen LogP contribution in [0.4, 0.5) is 0 Å². The lowest BCUT2D eigenvalue weighted by atomic mass is 10.3. The summed E-state index contributed by atoms with van der Waals surface area (Å²) in [5.41, 5.74) is 0. The molecular weight excluding hydrogens is 256 g/mol. The second kappa shape index (κ2) is 8.60. The van der Waals surface area contributed by atoms with Gasteiger partial charge in [-0.05, 0) is 38.2 Å². The topological polar surface area (TPSA) is 70.6 Å². The Labute approximate surface area is 113 Å². The third-order valence-corrected chi connectivity index (χ3v) is 2.30. The van der Waals surface area contributed by atoms with Crippen molar-refractivity contribution in [2.75, 3.05) is 20.2 Å². The first-order chi connectivity index (χ1) is 8.11. The molecule has 0 spiro atoms. The fourth-order valence-electron chi connectivity index (χ4n) is 1.11.